The lowest BCUT2D eigenvalue weighted by atomic mass is 10.1. The minimum atomic E-state index is -0.385. The maximum atomic E-state index is 13.3. The number of nitrogens with two attached hydrogens (primary N) is 1. The number of aryl methyl sites for hydroxylation is 1. The van der Waals surface area contributed by atoms with Crippen molar-refractivity contribution in [1.82, 2.24) is 9.80 Å². The maximum absolute atomic E-state index is 13.3. The van der Waals surface area contributed by atoms with Gasteiger partial charge in [0.1, 0.15) is 5.82 Å². The lowest BCUT2D eigenvalue weighted by Crippen LogP contribution is -2.54. The summed E-state index contributed by atoms with van der Waals surface area (Å²) in [5, 5.41) is 0. The van der Waals surface area contributed by atoms with Gasteiger partial charge in [0.25, 0.3) is 5.91 Å². The Morgan fingerprint density at radius 2 is 1.95 bits per heavy atom. The number of hydrogen-bond donors (Lipinski definition) is 1. The molecule has 1 unspecified atom stereocenters. The second-order valence-electron chi connectivity index (χ2n) is 5.37. The Labute approximate surface area is 129 Å². The molecular formula is C15H20FN3OS. The zero-order valence-corrected chi connectivity index (χ0v) is 13.1. The fourth-order valence-electron chi connectivity index (χ4n) is 2.49. The maximum Gasteiger partial charge on any atom is 0.254 e. The SMILES string of the molecule is Cc1ccc(F)cc1C(=O)N1CCN(C(C)C(N)=S)CC1. The van der Waals surface area contributed by atoms with Gasteiger partial charge in [-0.1, -0.05) is 18.3 Å². The fourth-order valence-corrected chi connectivity index (χ4v) is 2.64. The van der Waals surface area contributed by atoms with Gasteiger partial charge in [-0.2, -0.15) is 0 Å². The lowest BCUT2D eigenvalue weighted by molar-refractivity contribution is 0.0620. The summed E-state index contributed by atoms with van der Waals surface area (Å²) >= 11 is 5.00. The van der Waals surface area contributed by atoms with Gasteiger partial charge in [0.05, 0.1) is 11.0 Å². The standard InChI is InChI=1S/C15H20FN3OS/c1-10-3-4-12(16)9-13(10)15(20)19-7-5-18(6-8-19)11(2)14(17)21/h3-4,9,11H,5-8H2,1-2H3,(H2,17,21). The number of benzene rings is 1. The van der Waals surface area contributed by atoms with Crippen molar-refractivity contribution < 1.29 is 9.18 Å². The highest BCUT2D eigenvalue weighted by molar-refractivity contribution is 7.80. The number of carbonyl (C=O) groups excluding carboxylic acids is 1. The molecule has 1 fully saturated rings. The largest absolute Gasteiger partial charge is 0.392 e. The number of amides is 1. The van der Waals surface area contributed by atoms with Crippen LogP contribution in [0.4, 0.5) is 4.39 Å². The Hall–Kier alpha value is -1.53. The van der Waals surface area contributed by atoms with Crippen LogP contribution in [-0.2, 0) is 0 Å². The molecule has 1 heterocycles. The van der Waals surface area contributed by atoms with E-state index in [-0.39, 0.29) is 17.8 Å². The summed E-state index contributed by atoms with van der Waals surface area (Å²) in [5.74, 6) is -0.501. The normalized spacial score (nSPS) is 17.6. The minimum absolute atomic E-state index is 0.0353. The number of hydrogen-bond acceptors (Lipinski definition) is 3. The third-order valence-corrected chi connectivity index (χ3v) is 4.33. The van der Waals surface area contributed by atoms with Crippen LogP contribution in [0.2, 0.25) is 0 Å². The van der Waals surface area contributed by atoms with E-state index in [1.165, 1.54) is 12.1 Å². The molecule has 21 heavy (non-hydrogen) atoms. The molecule has 114 valence electrons. The summed E-state index contributed by atoms with van der Waals surface area (Å²) < 4.78 is 13.3. The Morgan fingerprint density at radius 3 is 2.52 bits per heavy atom. The Balaban J connectivity index is 2.03. The van der Waals surface area contributed by atoms with Gasteiger partial charge in [0, 0.05) is 31.7 Å². The summed E-state index contributed by atoms with van der Waals surface area (Å²) in [6, 6.07) is 4.34. The third kappa shape index (κ3) is 3.57. The summed E-state index contributed by atoms with van der Waals surface area (Å²) in [7, 11) is 0. The molecule has 1 atom stereocenters. The van der Waals surface area contributed by atoms with Crippen LogP contribution in [0, 0.1) is 12.7 Å². The summed E-state index contributed by atoms with van der Waals surface area (Å²) in [6.45, 7) is 6.43. The van der Waals surface area contributed by atoms with E-state index in [0.29, 0.717) is 23.6 Å². The van der Waals surface area contributed by atoms with Crippen molar-refractivity contribution in [3.8, 4) is 0 Å². The third-order valence-electron chi connectivity index (χ3n) is 3.99. The van der Waals surface area contributed by atoms with Crippen molar-refractivity contribution in [2.45, 2.75) is 19.9 Å². The molecule has 4 nitrogen and oxygen atoms in total. The first kappa shape index (κ1) is 15.9. The highest BCUT2D eigenvalue weighted by Crippen LogP contribution is 2.15. The van der Waals surface area contributed by atoms with Gasteiger partial charge < -0.3 is 10.6 Å². The molecule has 1 aromatic carbocycles. The average molecular weight is 309 g/mol. The molecule has 6 heteroatoms. The van der Waals surface area contributed by atoms with Crippen LogP contribution >= 0.6 is 12.2 Å². The van der Waals surface area contributed by atoms with Gasteiger partial charge in [0.15, 0.2) is 0 Å². The lowest BCUT2D eigenvalue weighted by Gasteiger charge is -2.37. The van der Waals surface area contributed by atoms with Gasteiger partial charge >= 0.3 is 0 Å². The average Bonchev–Trinajstić information content (AvgIpc) is 2.48. The van der Waals surface area contributed by atoms with Gasteiger partial charge in [-0.05, 0) is 31.5 Å². The topological polar surface area (TPSA) is 49.6 Å². The Kier molecular flexibility index (Phi) is 4.90. The van der Waals surface area contributed by atoms with Gasteiger partial charge in [-0.15, -0.1) is 0 Å². The van der Waals surface area contributed by atoms with E-state index in [4.69, 9.17) is 18.0 Å². The van der Waals surface area contributed by atoms with Crippen molar-refractivity contribution in [2.75, 3.05) is 26.2 Å². The zero-order chi connectivity index (χ0) is 15.6. The number of piperazine rings is 1. The van der Waals surface area contributed by atoms with Crippen LogP contribution in [0.5, 0.6) is 0 Å². The molecule has 1 aliphatic heterocycles. The number of halogens is 1. The molecular weight excluding hydrogens is 289 g/mol. The summed E-state index contributed by atoms with van der Waals surface area (Å²) in [6.07, 6.45) is 0. The molecule has 0 aliphatic carbocycles. The van der Waals surface area contributed by atoms with Crippen molar-refractivity contribution in [3.63, 3.8) is 0 Å². The number of nitrogens with zero attached hydrogens (tertiary/aromatic N) is 2. The zero-order valence-electron chi connectivity index (χ0n) is 12.3. The molecule has 0 radical (unpaired) electrons. The molecule has 0 aromatic heterocycles. The van der Waals surface area contributed by atoms with Gasteiger partial charge in [0.2, 0.25) is 0 Å². The second-order valence-corrected chi connectivity index (χ2v) is 5.84. The molecule has 1 amide bonds. The predicted octanol–water partition coefficient (Wildman–Crippen LogP) is 1.57. The van der Waals surface area contributed by atoms with Crippen LogP contribution in [0.1, 0.15) is 22.8 Å². The van der Waals surface area contributed by atoms with Gasteiger partial charge in [-0.25, -0.2) is 4.39 Å². The fraction of sp³-hybridized carbons (Fsp3) is 0.467. The monoisotopic (exact) mass is 309 g/mol. The molecule has 1 aliphatic rings. The van der Waals surface area contributed by atoms with Crippen molar-refractivity contribution in [3.05, 3.63) is 35.1 Å². The van der Waals surface area contributed by atoms with E-state index in [1.807, 2.05) is 13.8 Å². The molecule has 0 spiro atoms. The van der Waals surface area contributed by atoms with E-state index in [9.17, 15) is 9.18 Å². The van der Waals surface area contributed by atoms with Crippen LogP contribution in [0.15, 0.2) is 18.2 Å². The highest BCUT2D eigenvalue weighted by Gasteiger charge is 2.26. The molecule has 1 saturated heterocycles. The minimum Gasteiger partial charge on any atom is -0.392 e. The molecule has 2 rings (SSSR count). The van der Waals surface area contributed by atoms with Crippen molar-refractivity contribution in [2.24, 2.45) is 5.73 Å². The number of carbonyl (C=O) groups is 1. The highest BCUT2D eigenvalue weighted by atomic mass is 32.1. The van der Waals surface area contributed by atoms with Crippen LogP contribution in [0.3, 0.4) is 0 Å². The Bertz CT molecular complexity index is 556. The Morgan fingerprint density at radius 1 is 1.33 bits per heavy atom. The van der Waals surface area contributed by atoms with Crippen molar-refractivity contribution in [1.29, 1.82) is 0 Å². The van der Waals surface area contributed by atoms with Gasteiger partial charge in [-0.3, -0.25) is 9.69 Å². The molecule has 1 aromatic rings. The first-order valence-electron chi connectivity index (χ1n) is 6.99. The summed E-state index contributed by atoms with van der Waals surface area (Å²) in [5.41, 5.74) is 6.88. The predicted molar refractivity (Wildman–Crippen MR) is 84.9 cm³/mol. The van der Waals surface area contributed by atoms with Crippen molar-refractivity contribution >= 4 is 23.1 Å². The summed E-state index contributed by atoms with van der Waals surface area (Å²) in [4.78, 5) is 16.9. The van der Waals surface area contributed by atoms with E-state index in [1.54, 1.807) is 11.0 Å². The van der Waals surface area contributed by atoms with E-state index < -0.39 is 0 Å². The molecule has 0 saturated carbocycles. The number of thiocarbonyl (C=S) groups is 1. The molecule has 0 bridgehead atoms. The first-order valence-corrected chi connectivity index (χ1v) is 7.39. The van der Waals surface area contributed by atoms with E-state index in [2.05, 4.69) is 4.90 Å². The van der Waals surface area contributed by atoms with Crippen LogP contribution < -0.4 is 5.73 Å². The molecule has 2 N–H and O–H groups in total. The van der Waals surface area contributed by atoms with E-state index in [0.717, 1.165) is 18.7 Å². The second kappa shape index (κ2) is 6.49. The van der Waals surface area contributed by atoms with Crippen LogP contribution in [-0.4, -0.2) is 52.9 Å². The number of rotatable bonds is 3. The quantitative estimate of drug-likeness (QED) is 0.861. The smallest absolute Gasteiger partial charge is 0.254 e. The first-order chi connectivity index (χ1) is 9.90. The van der Waals surface area contributed by atoms with Crippen LogP contribution in [0.25, 0.3) is 0 Å². The van der Waals surface area contributed by atoms with E-state index >= 15 is 0 Å².